The summed E-state index contributed by atoms with van der Waals surface area (Å²) in [5.74, 6) is 0.126. The number of carbonyl (C=O) groups excluding carboxylic acids is 1. The molecule has 4 nitrogen and oxygen atoms in total. The molecule has 0 bridgehead atoms. The van der Waals surface area contributed by atoms with Crippen molar-refractivity contribution in [3.05, 3.63) is 59.8 Å². The minimum absolute atomic E-state index is 0.126. The second kappa shape index (κ2) is 5.47. The Hall–Kier alpha value is -2.75. The molecular weight excluding hydrogens is 286 g/mol. The van der Waals surface area contributed by atoms with Gasteiger partial charge in [0, 0.05) is 35.0 Å². The molecule has 0 saturated heterocycles. The monoisotopic (exact) mass is 305 g/mol. The lowest BCUT2D eigenvalue weighted by molar-refractivity contribution is -0.118. The number of aromatic nitrogens is 1. The van der Waals surface area contributed by atoms with Crippen LogP contribution in [0.3, 0.4) is 0 Å². The molecule has 0 spiro atoms. The number of aryl methyl sites for hydroxylation is 1. The maximum absolute atomic E-state index is 12.9. The predicted octanol–water partition coefficient (Wildman–Crippen LogP) is 3.27. The zero-order valence-corrected chi connectivity index (χ0v) is 12.9. The first-order valence-electron chi connectivity index (χ1n) is 7.96. The van der Waals surface area contributed by atoms with Gasteiger partial charge in [-0.05, 0) is 42.2 Å². The molecule has 23 heavy (non-hydrogen) atoms. The Morgan fingerprint density at radius 3 is 3.00 bits per heavy atom. The van der Waals surface area contributed by atoms with Crippen LogP contribution < -0.4 is 10.6 Å². The van der Waals surface area contributed by atoms with Crippen molar-refractivity contribution in [3.8, 4) is 0 Å². The van der Waals surface area contributed by atoms with Crippen molar-refractivity contribution >= 4 is 28.2 Å². The molecule has 116 valence electrons. The van der Waals surface area contributed by atoms with Crippen LogP contribution in [0.5, 0.6) is 0 Å². The zero-order chi connectivity index (χ0) is 15.8. The SMILES string of the molecule is Nc1ccc2c(c1)N(C(=O)Cc1c[nH]c3ccccc13)CCC2. The third kappa shape index (κ3) is 2.46. The second-order valence-electron chi connectivity index (χ2n) is 6.07. The zero-order valence-electron chi connectivity index (χ0n) is 12.9. The van der Waals surface area contributed by atoms with Crippen LogP contribution in [0, 0.1) is 0 Å². The number of hydrogen-bond donors (Lipinski definition) is 2. The number of rotatable bonds is 2. The van der Waals surface area contributed by atoms with E-state index in [1.807, 2.05) is 47.5 Å². The quantitative estimate of drug-likeness (QED) is 0.714. The second-order valence-corrected chi connectivity index (χ2v) is 6.07. The number of amides is 1. The van der Waals surface area contributed by atoms with Crippen LogP contribution in [0.2, 0.25) is 0 Å². The van der Waals surface area contributed by atoms with E-state index in [1.165, 1.54) is 5.56 Å². The predicted molar refractivity (Wildman–Crippen MR) is 93.5 cm³/mol. The lowest BCUT2D eigenvalue weighted by atomic mass is 10.00. The van der Waals surface area contributed by atoms with Crippen molar-refractivity contribution in [2.75, 3.05) is 17.2 Å². The molecule has 1 aliphatic heterocycles. The summed E-state index contributed by atoms with van der Waals surface area (Å²) in [5.41, 5.74) is 10.9. The Morgan fingerprint density at radius 2 is 2.09 bits per heavy atom. The van der Waals surface area contributed by atoms with Crippen LogP contribution in [0.25, 0.3) is 10.9 Å². The van der Waals surface area contributed by atoms with Gasteiger partial charge in [-0.1, -0.05) is 24.3 Å². The Labute approximate surface area is 134 Å². The molecule has 0 radical (unpaired) electrons. The molecule has 2 aromatic carbocycles. The summed E-state index contributed by atoms with van der Waals surface area (Å²) >= 11 is 0. The van der Waals surface area contributed by atoms with Crippen LogP contribution in [0.1, 0.15) is 17.5 Å². The number of fused-ring (bicyclic) bond motifs is 2. The van der Waals surface area contributed by atoms with Gasteiger partial charge in [-0.25, -0.2) is 0 Å². The molecule has 4 heteroatoms. The van der Waals surface area contributed by atoms with E-state index in [9.17, 15) is 4.79 Å². The van der Waals surface area contributed by atoms with E-state index in [4.69, 9.17) is 5.73 Å². The van der Waals surface area contributed by atoms with Crippen molar-refractivity contribution in [3.63, 3.8) is 0 Å². The highest BCUT2D eigenvalue weighted by molar-refractivity contribution is 5.98. The number of para-hydroxylation sites is 1. The van der Waals surface area contributed by atoms with Gasteiger partial charge in [-0.15, -0.1) is 0 Å². The highest BCUT2D eigenvalue weighted by atomic mass is 16.2. The van der Waals surface area contributed by atoms with Crippen molar-refractivity contribution in [2.24, 2.45) is 0 Å². The van der Waals surface area contributed by atoms with E-state index in [2.05, 4.69) is 11.1 Å². The number of benzene rings is 2. The first-order valence-corrected chi connectivity index (χ1v) is 7.96. The topological polar surface area (TPSA) is 62.1 Å². The third-order valence-electron chi connectivity index (χ3n) is 4.55. The van der Waals surface area contributed by atoms with Gasteiger partial charge in [0.1, 0.15) is 0 Å². The van der Waals surface area contributed by atoms with Gasteiger partial charge in [-0.2, -0.15) is 0 Å². The van der Waals surface area contributed by atoms with Crippen LogP contribution >= 0.6 is 0 Å². The van der Waals surface area contributed by atoms with E-state index in [0.717, 1.165) is 41.5 Å². The molecule has 0 unspecified atom stereocenters. The number of aromatic amines is 1. The molecule has 3 N–H and O–H groups in total. The van der Waals surface area contributed by atoms with E-state index < -0.39 is 0 Å². The Kier molecular flexibility index (Phi) is 3.30. The summed E-state index contributed by atoms with van der Waals surface area (Å²) in [6.07, 6.45) is 4.34. The Balaban J connectivity index is 1.64. The highest BCUT2D eigenvalue weighted by Gasteiger charge is 2.23. The van der Waals surface area contributed by atoms with E-state index in [1.54, 1.807) is 0 Å². The maximum atomic E-state index is 12.9. The Bertz CT molecular complexity index is 881. The average Bonchev–Trinajstić information content (AvgIpc) is 2.97. The molecular formula is C19H19N3O. The lowest BCUT2D eigenvalue weighted by Gasteiger charge is -2.29. The van der Waals surface area contributed by atoms with Gasteiger partial charge in [0.2, 0.25) is 5.91 Å². The average molecular weight is 305 g/mol. The van der Waals surface area contributed by atoms with E-state index in [0.29, 0.717) is 12.1 Å². The normalized spacial score (nSPS) is 14.0. The number of nitrogens with one attached hydrogen (secondary N) is 1. The number of nitrogen functional groups attached to an aromatic ring is 1. The number of nitrogens with two attached hydrogens (primary N) is 1. The van der Waals surface area contributed by atoms with Gasteiger partial charge < -0.3 is 15.6 Å². The van der Waals surface area contributed by atoms with Crippen molar-refractivity contribution in [1.29, 1.82) is 0 Å². The summed E-state index contributed by atoms with van der Waals surface area (Å²) in [5, 5.41) is 1.12. The van der Waals surface area contributed by atoms with Gasteiger partial charge >= 0.3 is 0 Å². The smallest absolute Gasteiger partial charge is 0.231 e. The summed E-state index contributed by atoms with van der Waals surface area (Å²) in [6, 6.07) is 13.9. The lowest BCUT2D eigenvalue weighted by Crippen LogP contribution is -2.36. The molecule has 1 amide bonds. The fourth-order valence-corrected chi connectivity index (χ4v) is 3.39. The van der Waals surface area contributed by atoms with E-state index in [-0.39, 0.29) is 5.91 Å². The largest absolute Gasteiger partial charge is 0.399 e. The summed E-state index contributed by atoms with van der Waals surface area (Å²) in [4.78, 5) is 18.0. The molecule has 1 aromatic heterocycles. The minimum Gasteiger partial charge on any atom is -0.399 e. The fourth-order valence-electron chi connectivity index (χ4n) is 3.39. The van der Waals surface area contributed by atoms with Crippen molar-refractivity contribution < 1.29 is 4.79 Å². The Morgan fingerprint density at radius 1 is 1.22 bits per heavy atom. The fraction of sp³-hybridized carbons (Fsp3) is 0.211. The highest BCUT2D eigenvalue weighted by Crippen LogP contribution is 2.30. The third-order valence-corrected chi connectivity index (χ3v) is 4.55. The van der Waals surface area contributed by atoms with Gasteiger partial charge in [0.05, 0.1) is 6.42 Å². The van der Waals surface area contributed by atoms with E-state index >= 15 is 0 Å². The number of H-pyrrole nitrogens is 1. The van der Waals surface area contributed by atoms with Crippen LogP contribution in [-0.4, -0.2) is 17.4 Å². The molecule has 4 rings (SSSR count). The molecule has 0 saturated carbocycles. The molecule has 1 aliphatic rings. The first kappa shape index (κ1) is 13.9. The van der Waals surface area contributed by atoms with Gasteiger partial charge in [0.15, 0.2) is 0 Å². The summed E-state index contributed by atoms with van der Waals surface area (Å²) in [6.45, 7) is 0.762. The minimum atomic E-state index is 0.126. The number of nitrogens with zero attached hydrogens (tertiary/aromatic N) is 1. The van der Waals surface area contributed by atoms with Gasteiger partial charge in [0.25, 0.3) is 0 Å². The van der Waals surface area contributed by atoms with Crippen LogP contribution in [0.15, 0.2) is 48.7 Å². The van der Waals surface area contributed by atoms with Gasteiger partial charge in [-0.3, -0.25) is 4.79 Å². The first-order chi connectivity index (χ1) is 11.2. The van der Waals surface area contributed by atoms with Crippen molar-refractivity contribution in [2.45, 2.75) is 19.3 Å². The molecule has 0 aliphatic carbocycles. The molecule has 3 aromatic rings. The summed E-state index contributed by atoms with van der Waals surface area (Å²) in [7, 11) is 0. The number of hydrogen-bond acceptors (Lipinski definition) is 2. The molecule has 0 atom stereocenters. The summed E-state index contributed by atoms with van der Waals surface area (Å²) < 4.78 is 0. The van der Waals surface area contributed by atoms with Crippen molar-refractivity contribution in [1.82, 2.24) is 4.98 Å². The molecule has 0 fully saturated rings. The van der Waals surface area contributed by atoms with Crippen LogP contribution in [0.4, 0.5) is 11.4 Å². The number of carbonyl (C=O) groups is 1. The molecule has 2 heterocycles. The van der Waals surface area contributed by atoms with Crippen LogP contribution in [-0.2, 0) is 17.6 Å². The number of anilines is 2. The standard InChI is InChI=1S/C19H19N3O/c20-15-8-7-13-4-3-9-22(18(13)11-15)19(23)10-14-12-21-17-6-2-1-5-16(14)17/h1-2,5-8,11-12,21H,3-4,9-10,20H2. The maximum Gasteiger partial charge on any atom is 0.231 e.